The van der Waals surface area contributed by atoms with Crippen molar-refractivity contribution >= 4 is 56.6 Å². The number of aromatic nitrogens is 4. The molecule has 4 aliphatic heterocycles. The Kier molecular flexibility index (Phi) is 10.6. The van der Waals surface area contributed by atoms with Crippen molar-refractivity contribution in [2.24, 2.45) is 23.7 Å². The molecule has 6 heterocycles. The standard InChI is InChI=1S/C52H56N8O8/c1-58(52(64)65)46(28-13-17-68-18-14-28)50(62)60-41-23-36(41)25-43(60)48-54-38-10-8-33-20-32(7-9-37(33)45(38)56-48)29-3-4-31-21-34(6-5-30(31)19-29)39-26-53-47(55-39)42-24-35-22-40(35)59(42)49(61)44(57-51(63)66-2)27-11-15-67-16-12-27/h3-10,19-21,26-28,35-36,40-44,46H,11-18,22-25H2,1-2H3,(H,53,55)(H,54,56)(H,57,63)(H,64,65)/t35-,36+,40+,41+,42-,43-,44-,46-/m0/s1. The number of nitrogens with one attached hydrogen (secondary N) is 3. The molecule has 4 amide bonds. The molecular weight excluding hydrogens is 865 g/mol. The van der Waals surface area contributed by atoms with E-state index in [1.54, 1.807) is 0 Å². The van der Waals surface area contributed by atoms with Crippen LogP contribution in [0.5, 0.6) is 0 Å². The monoisotopic (exact) mass is 920 g/mol. The van der Waals surface area contributed by atoms with E-state index < -0.39 is 24.3 Å². The van der Waals surface area contributed by atoms with Crippen molar-refractivity contribution < 1.29 is 38.5 Å². The zero-order valence-corrected chi connectivity index (χ0v) is 38.2. The van der Waals surface area contributed by atoms with Crippen molar-refractivity contribution in [3.05, 3.63) is 84.6 Å². The minimum absolute atomic E-state index is 0.0266. The van der Waals surface area contributed by atoms with Gasteiger partial charge in [0, 0.05) is 62.7 Å². The fourth-order valence-corrected chi connectivity index (χ4v) is 12.2. The van der Waals surface area contributed by atoms with Gasteiger partial charge in [0.15, 0.2) is 0 Å². The van der Waals surface area contributed by atoms with Gasteiger partial charge < -0.3 is 44.4 Å². The van der Waals surface area contributed by atoms with E-state index >= 15 is 0 Å². The quantitative estimate of drug-likeness (QED) is 0.105. The summed E-state index contributed by atoms with van der Waals surface area (Å²) in [5, 5.41) is 17.2. The highest BCUT2D eigenvalue weighted by molar-refractivity contribution is 6.06. The number of amides is 4. The van der Waals surface area contributed by atoms with Crippen LogP contribution in [-0.4, -0.2) is 128 Å². The van der Waals surface area contributed by atoms with Crippen molar-refractivity contribution in [3.63, 3.8) is 0 Å². The number of benzene rings is 4. The molecular formula is C52H56N8O8. The number of aromatic amines is 2. The summed E-state index contributed by atoms with van der Waals surface area (Å²) in [7, 11) is 2.84. The van der Waals surface area contributed by atoms with Crippen molar-refractivity contribution in [2.45, 2.75) is 87.6 Å². The van der Waals surface area contributed by atoms with Crippen LogP contribution in [-0.2, 0) is 23.8 Å². The molecule has 2 saturated carbocycles. The Bertz CT molecular complexity index is 2970. The van der Waals surface area contributed by atoms with Gasteiger partial charge in [0.05, 0.1) is 35.9 Å². The van der Waals surface area contributed by atoms with E-state index in [9.17, 15) is 24.3 Å². The highest BCUT2D eigenvalue weighted by Gasteiger charge is 2.58. The Morgan fingerprint density at radius 1 is 0.735 bits per heavy atom. The number of piperidine rings is 2. The molecule has 4 N–H and O–H groups in total. The summed E-state index contributed by atoms with van der Waals surface area (Å²) in [6.07, 6.45) is 6.47. The Hall–Kier alpha value is -6.52. The molecule has 0 bridgehead atoms. The fraction of sp³-hybridized carbons (Fsp3) is 0.462. The van der Waals surface area contributed by atoms with Crippen LogP contribution in [0.15, 0.2) is 72.9 Å². The third-order valence-electron chi connectivity index (χ3n) is 16.1. The second-order valence-corrected chi connectivity index (χ2v) is 19.9. The first kappa shape index (κ1) is 42.8. The summed E-state index contributed by atoms with van der Waals surface area (Å²) in [6.45, 7) is 2.18. The van der Waals surface area contributed by atoms with E-state index in [0.717, 1.165) is 92.3 Å². The lowest BCUT2D eigenvalue weighted by Gasteiger charge is -2.38. The summed E-state index contributed by atoms with van der Waals surface area (Å²) in [5.41, 5.74) is 5.72. The lowest BCUT2D eigenvalue weighted by molar-refractivity contribution is -0.141. The second-order valence-electron chi connectivity index (χ2n) is 19.9. The summed E-state index contributed by atoms with van der Waals surface area (Å²) in [5.74, 6) is 2.00. The van der Waals surface area contributed by atoms with Crippen molar-refractivity contribution in [1.29, 1.82) is 0 Å². The number of ether oxygens (including phenoxy) is 3. The molecule has 6 aliphatic rings. The molecule has 0 radical (unpaired) electrons. The number of hydrogen-bond acceptors (Lipinski definition) is 9. The van der Waals surface area contributed by atoms with Crippen molar-refractivity contribution in [3.8, 4) is 22.4 Å². The summed E-state index contributed by atoms with van der Waals surface area (Å²) in [4.78, 5) is 75.7. The van der Waals surface area contributed by atoms with Crippen LogP contribution in [0.4, 0.5) is 9.59 Å². The van der Waals surface area contributed by atoms with Gasteiger partial charge in [0.25, 0.3) is 0 Å². The predicted molar refractivity (Wildman–Crippen MR) is 252 cm³/mol. The lowest BCUT2D eigenvalue weighted by atomic mass is 9.89. The van der Waals surface area contributed by atoms with Gasteiger partial charge in [-0.25, -0.2) is 19.6 Å². The Morgan fingerprint density at radius 3 is 2.00 bits per heavy atom. The number of hydrogen-bond donors (Lipinski definition) is 4. The first-order valence-electron chi connectivity index (χ1n) is 24.2. The SMILES string of the molecule is COC(=O)N[C@H](C(=O)N1[C@@H]2C[C@H]2C[C@H]1c1nc(-c2ccc3cc(-c4ccc5c(ccc6nc([C@@H]7C[C@H]8C[C@H]8N7C(=O)[C@H](C7CCOCC7)N(C)C(=O)O)[nH]c65)c4)ccc3c2)c[nH]1)C1CCOCC1. The summed E-state index contributed by atoms with van der Waals surface area (Å²) < 4.78 is 16.1. The van der Waals surface area contributed by atoms with Crippen LogP contribution in [0.2, 0.25) is 0 Å². The van der Waals surface area contributed by atoms with Crippen LogP contribution in [0.3, 0.4) is 0 Å². The number of nitrogens with zero attached hydrogens (tertiary/aromatic N) is 5. The van der Waals surface area contributed by atoms with Gasteiger partial charge in [0.1, 0.15) is 23.7 Å². The number of rotatable bonds is 10. The topological polar surface area (TPSA) is 195 Å². The second kappa shape index (κ2) is 16.9. The number of carboxylic acid groups (broad SMARTS) is 1. The number of H-pyrrole nitrogens is 2. The zero-order chi connectivity index (χ0) is 46.4. The number of likely N-dealkylation sites (N-methyl/N-ethyl adjacent to an activating group) is 1. The molecule has 12 rings (SSSR count). The van der Waals surface area contributed by atoms with Gasteiger partial charge in [-0.3, -0.25) is 14.5 Å². The smallest absolute Gasteiger partial charge is 0.407 e. The number of likely N-dealkylation sites (tertiary alicyclic amines) is 2. The third-order valence-corrected chi connectivity index (χ3v) is 16.1. The normalized spacial score (nSPS) is 25.6. The molecule has 16 heteroatoms. The van der Waals surface area contributed by atoms with Crippen LogP contribution in [0.1, 0.15) is 75.1 Å². The maximum atomic E-state index is 14.5. The molecule has 4 saturated heterocycles. The third kappa shape index (κ3) is 7.52. The predicted octanol–water partition coefficient (Wildman–Crippen LogP) is 7.81. The van der Waals surface area contributed by atoms with E-state index in [1.165, 1.54) is 19.1 Å². The molecule has 0 unspecified atom stereocenters. The van der Waals surface area contributed by atoms with Gasteiger partial charge in [-0.05, 0) is 127 Å². The minimum Gasteiger partial charge on any atom is -0.465 e. The first-order valence-corrected chi connectivity index (χ1v) is 24.2. The number of alkyl carbamates (subject to hydrolysis) is 1. The molecule has 0 spiro atoms. The minimum atomic E-state index is -1.10. The van der Waals surface area contributed by atoms with Gasteiger partial charge in [0.2, 0.25) is 11.8 Å². The Labute approximate surface area is 392 Å². The van der Waals surface area contributed by atoms with Crippen LogP contribution in [0.25, 0.3) is 55.0 Å². The number of fused-ring (bicyclic) bond motifs is 6. The molecule has 68 heavy (non-hydrogen) atoms. The summed E-state index contributed by atoms with van der Waals surface area (Å²) in [6, 6.07) is 21.9. The lowest BCUT2D eigenvalue weighted by Crippen LogP contribution is -2.54. The molecule has 2 aliphatic carbocycles. The average molecular weight is 921 g/mol. The molecule has 352 valence electrons. The van der Waals surface area contributed by atoms with E-state index in [2.05, 4.69) is 75.9 Å². The number of carbonyl (C=O) groups excluding carboxylic acids is 3. The van der Waals surface area contributed by atoms with Gasteiger partial charge in [-0.2, -0.15) is 0 Å². The van der Waals surface area contributed by atoms with E-state index in [4.69, 9.17) is 24.2 Å². The zero-order valence-electron chi connectivity index (χ0n) is 38.2. The number of methoxy groups -OCH3 is 1. The van der Waals surface area contributed by atoms with Crippen LogP contribution >= 0.6 is 0 Å². The van der Waals surface area contributed by atoms with Gasteiger partial charge in [-0.15, -0.1) is 0 Å². The fourth-order valence-electron chi connectivity index (χ4n) is 12.2. The van der Waals surface area contributed by atoms with E-state index in [1.807, 2.05) is 22.1 Å². The van der Waals surface area contributed by atoms with Crippen molar-refractivity contribution in [2.75, 3.05) is 40.6 Å². The van der Waals surface area contributed by atoms with Crippen LogP contribution < -0.4 is 5.32 Å². The maximum Gasteiger partial charge on any atom is 0.407 e. The van der Waals surface area contributed by atoms with E-state index in [-0.39, 0.29) is 47.8 Å². The number of carbonyl (C=O) groups is 4. The Morgan fingerprint density at radius 2 is 1.32 bits per heavy atom. The average Bonchev–Trinajstić information content (AvgIpc) is 3.98. The summed E-state index contributed by atoms with van der Waals surface area (Å²) >= 11 is 0. The maximum absolute atomic E-state index is 14.5. The molecule has 6 fully saturated rings. The van der Waals surface area contributed by atoms with Gasteiger partial charge >= 0.3 is 12.2 Å². The molecule has 8 atom stereocenters. The van der Waals surface area contributed by atoms with Crippen molar-refractivity contribution in [1.82, 2.24) is 40.0 Å². The molecule has 4 aromatic carbocycles. The largest absolute Gasteiger partial charge is 0.465 e. The highest BCUT2D eigenvalue weighted by atomic mass is 16.5. The van der Waals surface area contributed by atoms with Crippen LogP contribution in [0, 0.1) is 23.7 Å². The highest BCUT2D eigenvalue weighted by Crippen LogP contribution is 2.55. The first-order chi connectivity index (χ1) is 33.1. The van der Waals surface area contributed by atoms with Gasteiger partial charge in [-0.1, -0.05) is 42.5 Å². The van der Waals surface area contributed by atoms with E-state index in [0.29, 0.717) is 63.9 Å². The number of imidazole rings is 2. The molecule has 6 aromatic rings. The molecule has 16 nitrogen and oxygen atoms in total. The Balaban J connectivity index is 0.771. The molecule has 2 aromatic heterocycles.